The van der Waals surface area contributed by atoms with Crippen LogP contribution >= 0.6 is 11.8 Å². The van der Waals surface area contributed by atoms with Crippen LogP contribution in [0.2, 0.25) is 0 Å². The molecular formula is C20H20F3N5O3S. The summed E-state index contributed by atoms with van der Waals surface area (Å²) in [5.41, 5.74) is 5.03. The van der Waals surface area contributed by atoms with Gasteiger partial charge in [0.1, 0.15) is 17.1 Å². The molecule has 170 valence electrons. The number of hydrogen-bond acceptors (Lipinski definition) is 8. The minimum absolute atomic E-state index is 0.0659. The number of nitrogens with zero attached hydrogens (tertiary/aromatic N) is 3. The Morgan fingerprint density at radius 2 is 2.16 bits per heavy atom. The molecule has 2 atom stereocenters. The lowest BCUT2D eigenvalue weighted by molar-refractivity contribution is 0.0792. The Kier molecular flexibility index (Phi) is 5.99. The predicted octanol–water partition coefficient (Wildman–Crippen LogP) is 2.81. The van der Waals surface area contributed by atoms with E-state index in [-0.39, 0.29) is 23.7 Å². The van der Waals surface area contributed by atoms with Gasteiger partial charge in [0.2, 0.25) is 5.88 Å². The number of amidine groups is 1. The largest absolute Gasteiger partial charge is 0.470 e. The molecule has 3 heterocycles. The number of halogens is 3. The molecule has 8 nitrogen and oxygen atoms in total. The summed E-state index contributed by atoms with van der Waals surface area (Å²) in [6.45, 7) is 1.72. The van der Waals surface area contributed by atoms with Gasteiger partial charge in [0.15, 0.2) is 11.8 Å². The first-order valence-corrected chi connectivity index (χ1v) is 10.6. The van der Waals surface area contributed by atoms with E-state index in [0.29, 0.717) is 23.2 Å². The third kappa shape index (κ3) is 4.11. The molecule has 1 aromatic carbocycles. The minimum Gasteiger partial charge on any atom is -0.470 e. The Morgan fingerprint density at radius 1 is 1.34 bits per heavy atom. The first-order chi connectivity index (χ1) is 15.2. The third-order valence-electron chi connectivity index (χ3n) is 5.46. The standard InChI is InChI=1S/C20H20F3N5O3S/c1-19-8-30-9-20(19,28-18(24)32-10-19)12-4-11(2-3-13(12)21)27-17(29)14-5-26-16(6-25-14)31-7-15(22)23/h2-6,15H,7-10H2,1H3,(H2,24,28)(H,27,29). The molecule has 12 heteroatoms. The summed E-state index contributed by atoms with van der Waals surface area (Å²) in [5, 5.41) is 2.99. The summed E-state index contributed by atoms with van der Waals surface area (Å²) in [4.78, 5) is 24.8. The molecule has 0 radical (unpaired) electrons. The van der Waals surface area contributed by atoms with Gasteiger partial charge in [-0.05, 0) is 18.2 Å². The van der Waals surface area contributed by atoms with Crippen molar-refractivity contribution in [1.29, 1.82) is 0 Å². The number of ether oxygens (including phenoxy) is 2. The van der Waals surface area contributed by atoms with Crippen molar-refractivity contribution in [2.75, 3.05) is 30.9 Å². The number of nitrogens with one attached hydrogen (secondary N) is 1. The second-order valence-corrected chi connectivity index (χ2v) is 8.74. The van der Waals surface area contributed by atoms with Crippen LogP contribution in [0.5, 0.6) is 5.88 Å². The normalized spacial score (nSPS) is 24.7. The number of hydrogen-bond donors (Lipinski definition) is 2. The maximum atomic E-state index is 14.9. The Labute approximate surface area is 185 Å². The van der Waals surface area contributed by atoms with Crippen LogP contribution in [0, 0.1) is 11.2 Å². The van der Waals surface area contributed by atoms with Crippen LogP contribution < -0.4 is 15.8 Å². The van der Waals surface area contributed by atoms with Gasteiger partial charge < -0.3 is 20.5 Å². The smallest absolute Gasteiger partial charge is 0.275 e. The predicted molar refractivity (Wildman–Crippen MR) is 113 cm³/mol. The Morgan fingerprint density at radius 3 is 2.88 bits per heavy atom. The fourth-order valence-electron chi connectivity index (χ4n) is 3.73. The molecule has 3 N–H and O–H groups in total. The Hall–Kier alpha value is -2.86. The summed E-state index contributed by atoms with van der Waals surface area (Å²) in [5.74, 6) is -0.603. The lowest BCUT2D eigenvalue weighted by Crippen LogP contribution is -2.48. The van der Waals surface area contributed by atoms with Crippen molar-refractivity contribution >= 4 is 28.5 Å². The topological polar surface area (TPSA) is 112 Å². The van der Waals surface area contributed by atoms with Crippen molar-refractivity contribution in [3.05, 3.63) is 47.7 Å². The number of rotatable bonds is 6. The summed E-state index contributed by atoms with van der Waals surface area (Å²) in [6.07, 6.45) is -0.475. The maximum Gasteiger partial charge on any atom is 0.275 e. The van der Waals surface area contributed by atoms with Crippen LogP contribution in [0.15, 0.2) is 35.6 Å². The highest BCUT2D eigenvalue weighted by Gasteiger charge is 2.57. The van der Waals surface area contributed by atoms with Gasteiger partial charge in [0.05, 0.1) is 25.6 Å². The van der Waals surface area contributed by atoms with Crippen LogP contribution in [-0.2, 0) is 10.3 Å². The number of fused-ring (bicyclic) bond motifs is 1. The highest BCUT2D eigenvalue weighted by molar-refractivity contribution is 8.13. The highest BCUT2D eigenvalue weighted by atomic mass is 32.2. The van der Waals surface area contributed by atoms with Crippen molar-refractivity contribution in [2.45, 2.75) is 18.9 Å². The fraction of sp³-hybridized carbons (Fsp3) is 0.400. The zero-order valence-corrected chi connectivity index (χ0v) is 17.8. The van der Waals surface area contributed by atoms with Gasteiger partial charge in [0, 0.05) is 22.4 Å². The summed E-state index contributed by atoms with van der Waals surface area (Å²) in [6, 6.07) is 4.18. The average molecular weight is 467 g/mol. The van der Waals surface area contributed by atoms with Gasteiger partial charge in [-0.2, -0.15) is 0 Å². The quantitative estimate of drug-likeness (QED) is 0.672. The van der Waals surface area contributed by atoms with Crippen LogP contribution in [-0.4, -0.2) is 53.0 Å². The number of thioether (sulfide) groups is 1. The monoisotopic (exact) mass is 467 g/mol. The second kappa shape index (κ2) is 8.58. The Balaban J connectivity index is 1.57. The molecule has 0 saturated carbocycles. The van der Waals surface area contributed by atoms with Gasteiger partial charge in [-0.1, -0.05) is 18.7 Å². The number of amides is 1. The maximum absolute atomic E-state index is 14.9. The molecule has 1 amide bonds. The van der Waals surface area contributed by atoms with E-state index in [4.69, 9.17) is 15.2 Å². The van der Waals surface area contributed by atoms with E-state index in [9.17, 15) is 18.0 Å². The second-order valence-electron chi connectivity index (χ2n) is 7.74. The summed E-state index contributed by atoms with van der Waals surface area (Å²) in [7, 11) is 0. The first kappa shape index (κ1) is 22.3. The zero-order chi connectivity index (χ0) is 22.9. The number of nitrogens with two attached hydrogens (primary N) is 1. The molecule has 0 spiro atoms. The summed E-state index contributed by atoms with van der Waals surface area (Å²) < 4.78 is 49.8. The lowest BCUT2D eigenvalue weighted by atomic mass is 9.70. The number of alkyl halides is 2. The highest BCUT2D eigenvalue weighted by Crippen LogP contribution is 2.53. The molecule has 1 fully saturated rings. The molecule has 0 aliphatic carbocycles. The van der Waals surface area contributed by atoms with Crippen LogP contribution in [0.1, 0.15) is 23.0 Å². The SMILES string of the molecule is CC12COCC1(c1cc(NC(=O)c3cnc(OCC(F)F)cn3)ccc1F)N=C(N)SC2. The van der Waals surface area contributed by atoms with Gasteiger partial charge in [-0.25, -0.2) is 28.1 Å². The van der Waals surface area contributed by atoms with Crippen molar-refractivity contribution < 1.29 is 27.4 Å². The lowest BCUT2D eigenvalue weighted by Gasteiger charge is -2.42. The average Bonchev–Trinajstić information content (AvgIpc) is 3.11. The number of aliphatic imine (C=N–C) groups is 1. The van der Waals surface area contributed by atoms with E-state index in [2.05, 4.69) is 20.3 Å². The first-order valence-electron chi connectivity index (χ1n) is 9.63. The van der Waals surface area contributed by atoms with E-state index in [0.717, 1.165) is 12.4 Å². The van der Waals surface area contributed by atoms with Crippen LogP contribution in [0.4, 0.5) is 18.9 Å². The van der Waals surface area contributed by atoms with Crippen LogP contribution in [0.3, 0.4) is 0 Å². The number of aromatic nitrogens is 2. The number of carbonyl (C=O) groups is 1. The molecule has 2 unspecified atom stereocenters. The van der Waals surface area contributed by atoms with E-state index in [1.807, 2.05) is 6.92 Å². The van der Waals surface area contributed by atoms with Crippen molar-refractivity contribution in [3.63, 3.8) is 0 Å². The van der Waals surface area contributed by atoms with E-state index in [1.165, 1.54) is 30.0 Å². The van der Waals surface area contributed by atoms with E-state index < -0.39 is 35.7 Å². The zero-order valence-electron chi connectivity index (χ0n) is 17.0. The van der Waals surface area contributed by atoms with Gasteiger partial charge in [0.25, 0.3) is 12.3 Å². The minimum atomic E-state index is -2.65. The summed E-state index contributed by atoms with van der Waals surface area (Å²) >= 11 is 1.40. The van der Waals surface area contributed by atoms with Gasteiger partial charge in [-0.3, -0.25) is 4.79 Å². The molecular weight excluding hydrogens is 447 g/mol. The van der Waals surface area contributed by atoms with Crippen molar-refractivity contribution in [2.24, 2.45) is 16.1 Å². The number of anilines is 1. The molecule has 1 saturated heterocycles. The molecule has 4 rings (SSSR count). The van der Waals surface area contributed by atoms with Crippen molar-refractivity contribution in [3.8, 4) is 5.88 Å². The molecule has 2 aliphatic rings. The van der Waals surface area contributed by atoms with E-state index >= 15 is 0 Å². The molecule has 2 aliphatic heterocycles. The molecule has 0 bridgehead atoms. The Bertz CT molecular complexity index is 1060. The fourth-order valence-corrected chi connectivity index (χ4v) is 4.74. The molecule has 32 heavy (non-hydrogen) atoms. The third-order valence-corrected chi connectivity index (χ3v) is 6.63. The van der Waals surface area contributed by atoms with Crippen LogP contribution in [0.25, 0.3) is 0 Å². The van der Waals surface area contributed by atoms with Crippen molar-refractivity contribution in [1.82, 2.24) is 9.97 Å². The van der Waals surface area contributed by atoms with Gasteiger partial charge in [-0.15, -0.1) is 0 Å². The number of carbonyl (C=O) groups excluding carboxylic acids is 1. The number of benzene rings is 1. The molecule has 2 aromatic rings. The molecule has 1 aromatic heterocycles. The van der Waals surface area contributed by atoms with Gasteiger partial charge >= 0.3 is 0 Å². The van der Waals surface area contributed by atoms with E-state index in [1.54, 1.807) is 0 Å².